The first-order chi connectivity index (χ1) is 13.6. The molecule has 136 valence electrons. The van der Waals surface area contributed by atoms with Crippen molar-refractivity contribution in [1.29, 1.82) is 5.26 Å². The zero-order valence-electron chi connectivity index (χ0n) is 14.7. The lowest BCUT2D eigenvalue weighted by Crippen LogP contribution is -2.13. The highest BCUT2D eigenvalue weighted by atomic mass is 16.5. The molecule has 0 spiro atoms. The van der Waals surface area contributed by atoms with Crippen LogP contribution in [0.5, 0.6) is 11.5 Å². The third-order valence-electron chi connectivity index (χ3n) is 4.35. The first kappa shape index (κ1) is 17.3. The lowest BCUT2D eigenvalue weighted by Gasteiger charge is -2.12. The molecule has 0 aliphatic carbocycles. The number of carbonyl (C=O) groups excluding carboxylic acids is 2. The number of fused-ring (bicyclic) bond motifs is 1. The minimum Gasteiger partial charge on any atom is -0.455 e. The van der Waals surface area contributed by atoms with Crippen molar-refractivity contribution < 1.29 is 14.3 Å². The molecule has 1 aliphatic heterocycles. The van der Waals surface area contributed by atoms with Crippen molar-refractivity contribution in [3.63, 3.8) is 0 Å². The number of para-hydroxylation sites is 2. The van der Waals surface area contributed by atoms with Crippen LogP contribution in [0.1, 0.15) is 21.5 Å². The SMILES string of the molecule is N#Cc1ccccc1Oc1ccccc1C(=O)Nc1ccc2c(c1)CC(=O)N2. The summed E-state index contributed by atoms with van der Waals surface area (Å²) < 4.78 is 5.84. The zero-order valence-corrected chi connectivity index (χ0v) is 14.7. The van der Waals surface area contributed by atoms with Gasteiger partial charge in [-0.05, 0) is 48.0 Å². The molecule has 0 aromatic heterocycles. The summed E-state index contributed by atoms with van der Waals surface area (Å²) in [5, 5.41) is 14.8. The molecule has 28 heavy (non-hydrogen) atoms. The van der Waals surface area contributed by atoms with Crippen molar-refractivity contribution in [2.75, 3.05) is 10.6 Å². The van der Waals surface area contributed by atoms with Gasteiger partial charge in [0, 0.05) is 11.4 Å². The molecule has 0 atom stereocenters. The van der Waals surface area contributed by atoms with E-state index in [1.165, 1.54) is 0 Å². The van der Waals surface area contributed by atoms with E-state index in [1.54, 1.807) is 66.7 Å². The molecule has 6 heteroatoms. The van der Waals surface area contributed by atoms with Crippen LogP contribution in [0, 0.1) is 11.3 Å². The second-order valence-electron chi connectivity index (χ2n) is 6.26. The van der Waals surface area contributed by atoms with Crippen LogP contribution >= 0.6 is 0 Å². The molecule has 2 N–H and O–H groups in total. The lowest BCUT2D eigenvalue weighted by atomic mass is 10.1. The van der Waals surface area contributed by atoms with Gasteiger partial charge in [-0.3, -0.25) is 9.59 Å². The number of nitrogens with one attached hydrogen (secondary N) is 2. The summed E-state index contributed by atoms with van der Waals surface area (Å²) in [7, 11) is 0. The topological polar surface area (TPSA) is 91.2 Å². The van der Waals surface area contributed by atoms with E-state index in [1.807, 2.05) is 0 Å². The highest BCUT2D eigenvalue weighted by Crippen LogP contribution is 2.29. The summed E-state index contributed by atoms with van der Waals surface area (Å²) in [5.41, 5.74) is 2.92. The molecule has 0 saturated carbocycles. The normalized spacial score (nSPS) is 11.9. The number of hydrogen-bond acceptors (Lipinski definition) is 4. The summed E-state index contributed by atoms with van der Waals surface area (Å²) in [6.07, 6.45) is 0.295. The Morgan fingerprint density at radius 3 is 2.61 bits per heavy atom. The van der Waals surface area contributed by atoms with Gasteiger partial charge < -0.3 is 15.4 Å². The molecular formula is C22H15N3O3. The predicted molar refractivity (Wildman–Crippen MR) is 104 cm³/mol. The van der Waals surface area contributed by atoms with E-state index in [9.17, 15) is 14.9 Å². The van der Waals surface area contributed by atoms with E-state index >= 15 is 0 Å². The first-order valence-electron chi connectivity index (χ1n) is 8.64. The minimum atomic E-state index is -0.345. The summed E-state index contributed by atoms with van der Waals surface area (Å²) in [6.45, 7) is 0. The molecule has 0 unspecified atom stereocenters. The van der Waals surface area contributed by atoms with Crippen LogP contribution < -0.4 is 15.4 Å². The average Bonchev–Trinajstić information content (AvgIpc) is 3.08. The van der Waals surface area contributed by atoms with Gasteiger partial charge in [0.1, 0.15) is 17.6 Å². The number of carbonyl (C=O) groups is 2. The summed E-state index contributed by atoms with van der Waals surface area (Å²) in [6, 6.07) is 21.0. The number of hydrogen-bond donors (Lipinski definition) is 2. The smallest absolute Gasteiger partial charge is 0.259 e. The van der Waals surface area contributed by atoms with Gasteiger partial charge in [0.15, 0.2) is 0 Å². The van der Waals surface area contributed by atoms with Crippen LogP contribution in [0.25, 0.3) is 0 Å². The van der Waals surface area contributed by atoms with E-state index in [-0.39, 0.29) is 11.8 Å². The van der Waals surface area contributed by atoms with Gasteiger partial charge in [-0.2, -0.15) is 5.26 Å². The number of nitrogens with zero attached hydrogens (tertiary/aromatic N) is 1. The van der Waals surface area contributed by atoms with Gasteiger partial charge in [-0.15, -0.1) is 0 Å². The largest absolute Gasteiger partial charge is 0.455 e. The maximum Gasteiger partial charge on any atom is 0.259 e. The Morgan fingerprint density at radius 2 is 1.79 bits per heavy atom. The molecular weight excluding hydrogens is 354 g/mol. The lowest BCUT2D eigenvalue weighted by molar-refractivity contribution is -0.115. The Balaban J connectivity index is 1.58. The molecule has 0 radical (unpaired) electrons. The fourth-order valence-electron chi connectivity index (χ4n) is 3.02. The molecule has 1 heterocycles. The maximum atomic E-state index is 12.8. The fourth-order valence-corrected chi connectivity index (χ4v) is 3.02. The summed E-state index contributed by atoms with van der Waals surface area (Å²) in [5.74, 6) is 0.323. The van der Waals surface area contributed by atoms with Crippen molar-refractivity contribution in [3.8, 4) is 17.6 Å². The van der Waals surface area contributed by atoms with Gasteiger partial charge in [0.05, 0.1) is 17.5 Å². The van der Waals surface area contributed by atoms with Gasteiger partial charge in [-0.25, -0.2) is 0 Å². The molecule has 0 bridgehead atoms. The number of nitriles is 1. The second-order valence-corrected chi connectivity index (χ2v) is 6.26. The van der Waals surface area contributed by atoms with Crippen molar-refractivity contribution >= 4 is 23.2 Å². The predicted octanol–water partition coefficient (Wildman–Crippen LogP) is 4.10. The Bertz CT molecular complexity index is 1130. The Morgan fingerprint density at radius 1 is 1.04 bits per heavy atom. The van der Waals surface area contributed by atoms with E-state index in [4.69, 9.17) is 4.74 Å². The minimum absolute atomic E-state index is 0.0617. The molecule has 0 saturated heterocycles. The van der Waals surface area contributed by atoms with Gasteiger partial charge in [0.2, 0.25) is 5.91 Å². The standard InChI is InChI=1S/C22H15N3O3/c23-13-14-5-1-3-7-19(14)28-20-8-4-2-6-17(20)22(27)24-16-9-10-18-15(11-16)12-21(26)25-18/h1-11H,12H2,(H,24,27)(H,25,26). The van der Waals surface area contributed by atoms with Crippen LogP contribution in [0.2, 0.25) is 0 Å². The monoisotopic (exact) mass is 369 g/mol. The quantitative estimate of drug-likeness (QED) is 0.724. The Hall–Kier alpha value is -4.11. The van der Waals surface area contributed by atoms with Gasteiger partial charge >= 0.3 is 0 Å². The molecule has 3 aromatic rings. The van der Waals surface area contributed by atoms with E-state index in [0.717, 1.165) is 11.3 Å². The van der Waals surface area contributed by atoms with Crippen LogP contribution in [-0.4, -0.2) is 11.8 Å². The second kappa shape index (κ2) is 7.25. The van der Waals surface area contributed by atoms with Crippen molar-refractivity contribution in [2.45, 2.75) is 6.42 Å². The highest BCUT2D eigenvalue weighted by molar-refractivity contribution is 6.07. The maximum absolute atomic E-state index is 12.8. The van der Waals surface area contributed by atoms with E-state index in [2.05, 4.69) is 16.7 Å². The van der Waals surface area contributed by atoms with E-state index in [0.29, 0.717) is 34.7 Å². The molecule has 2 amide bonds. The molecule has 0 fully saturated rings. The Kier molecular flexibility index (Phi) is 4.48. The first-order valence-corrected chi connectivity index (χ1v) is 8.64. The van der Waals surface area contributed by atoms with Crippen LogP contribution in [-0.2, 0) is 11.2 Å². The summed E-state index contributed by atoms with van der Waals surface area (Å²) in [4.78, 5) is 24.3. The van der Waals surface area contributed by atoms with Crippen LogP contribution in [0.3, 0.4) is 0 Å². The van der Waals surface area contributed by atoms with E-state index < -0.39 is 0 Å². The Labute approximate surface area is 161 Å². The summed E-state index contributed by atoms with van der Waals surface area (Å²) >= 11 is 0. The number of rotatable bonds is 4. The third-order valence-corrected chi connectivity index (χ3v) is 4.35. The molecule has 4 rings (SSSR count). The van der Waals surface area contributed by atoms with Gasteiger partial charge in [0.25, 0.3) is 5.91 Å². The number of ether oxygens (including phenoxy) is 1. The zero-order chi connectivity index (χ0) is 19.5. The fraction of sp³-hybridized carbons (Fsp3) is 0.0455. The van der Waals surface area contributed by atoms with Crippen molar-refractivity contribution in [3.05, 3.63) is 83.4 Å². The molecule has 6 nitrogen and oxygen atoms in total. The molecule has 3 aromatic carbocycles. The number of anilines is 2. The molecule has 1 aliphatic rings. The number of benzene rings is 3. The third kappa shape index (κ3) is 3.41. The van der Waals surface area contributed by atoms with Gasteiger partial charge in [-0.1, -0.05) is 24.3 Å². The average molecular weight is 369 g/mol. The number of amides is 2. The van der Waals surface area contributed by atoms with Crippen molar-refractivity contribution in [1.82, 2.24) is 0 Å². The van der Waals surface area contributed by atoms with Crippen molar-refractivity contribution in [2.24, 2.45) is 0 Å². The highest BCUT2D eigenvalue weighted by Gasteiger charge is 2.19. The van der Waals surface area contributed by atoms with Crippen LogP contribution in [0.4, 0.5) is 11.4 Å². The van der Waals surface area contributed by atoms with Crippen LogP contribution in [0.15, 0.2) is 66.7 Å².